The summed E-state index contributed by atoms with van der Waals surface area (Å²) < 4.78 is 0. The number of aliphatic hydroxyl groups excluding tert-OH is 1. The molecule has 1 aliphatic heterocycles. The number of hydrogen-bond donors (Lipinski definition) is 1. The third-order valence-electron chi connectivity index (χ3n) is 3.82. The number of aliphatic hydroxyl groups is 1. The van der Waals surface area contributed by atoms with Gasteiger partial charge in [0.25, 0.3) is 0 Å². The zero-order chi connectivity index (χ0) is 12.4. The average Bonchev–Trinajstić information content (AvgIpc) is 3.25. The van der Waals surface area contributed by atoms with Crippen LogP contribution in [0.1, 0.15) is 12.8 Å². The van der Waals surface area contributed by atoms with E-state index >= 15 is 0 Å². The van der Waals surface area contributed by atoms with E-state index in [1.54, 1.807) is 12.4 Å². The summed E-state index contributed by atoms with van der Waals surface area (Å²) in [5, 5.41) is 9.94. The molecule has 0 spiro atoms. The fourth-order valence-corrected chi connectivity index (χ4v) is 2.48. The van der Waals surface area contributed by atoms with Crippen molar-refractivity contribution < 1.29 is 5.11 Å². The minimum atomic E-state index is -0.121. The fourth-order valence-electron chi connectivity index (χ4n) is 2.48. The first-order chi connectivity index (χ1) is 8.83. The number of aromatic nitrogens is 2. The zero-order valence-corrected chi connectivity index (χ0v) is 10.6. The summed E-state index contributed by atoms with van der Waals surface area (Å²) in [6.45, 7) is 4.70. The Bertz CT molecular complexity index is 374. The molecule has 1 aliphatic carbocycles. The molecule has 2 aliphatic rings. The molecule has 0 radical (unpaired) electrons. The fraction of sp³-hybridized carbons (Fsp3) is 0.692. The molecule has 3 rings (SSSR count). The van der Waals surface area contributed by atoms with Gasteiger partial charge in [-0.2, -0.15) is 0 Å². The van der Waals surface area contributed by atoms with E-state index in [9.17, 15) is 5.11 Å². The van der Waals surface area contributed by atoms with E-state index in [0.29, 0.717) is 5.92 Å². The molecular formula is C13H20N4O. The maximum atomic E-state index is 9.94. The Balaban J connectivity index is 1.48. The normalized spacial score (nSPS) is 23.1. The van der Waals surface area contributed by atoms with Crippen molar-refractivity contribution >= 4 is 5.95 Å². The van der Waals surface area contributed by atoms with Crippen molar-refractivity contribution in [3.63, 3.8) is 0 Å². The summed E-state index contributed by atoms with van der Waals surface area (Å²) >= 11 is 0. The second-order valence-corrected chi connectivity index (χ2v) is 5.24. The first-order valence-electron chi connectivity index (χ1n) is 6.75. The lowest BCUT2D eigenvalue weighted by Gasteiger charge is -2.35. The Morgan fingerprint density at radius 1 is 1.17 bits per heavy atom. The van der Waals surface area contributed by atoms with Gasteiger partial charge in [-0.25, -0.2) is 9.97 Å². The van der Waals surface area contributed by atoms with Crippen molar-refractivity contribution in [2.75, 3.05) is 37.6 Å². The highest BCUT2D eigenvalue weighted by molar-refractivity contribution is 5.29. The molecule has 5 nitrogen and oxygen atoms in total. The second-order valence-electron chi connectivity index (χ2n) is 5.24. The van der Waals surface area contributed by atoms with Gasteiger partial charge in [0.05, 0.1) is 6.10 Å². The average molecular weight is 248 g/mol. The number of hydrogen-bond acceptors (Lipinski definition) is 5. The quantitative estimate of drug-likeness (QED) is 0.834. The highest BCUT2D eigenvalue weighted by atomic mass is 16.3. The molecule has 0 aromatic carbocycles. The Labute approximate surface area is 107 Å². The van der Waals surface area contributed by atoms with Crippen LogP contribution in [0.25, 0.3) is 0 Å². The van der Waals surface area contributed by atoms with E-state index < -0.39 is 0 Å². The van der Waals surface area contributed by atoms with Crippen LogP contribution in [-0.2, 0) is 0 Å². The number of piperazine rings is 1. The lowest BCUT2D eigenvalue weighted by molar-refractivity contribution is 0.0920. The molecule has 1 aromatic rings. The maximum absolute atomic E-state index is 9.94. The van der Waals surface area contributed by atoms with Crippen molar-refractivity contribution in [3.8, 4) is 0 Å². The lowest BCUT2D eigenvalue weighted by atomic mass is 10.2. The summed E-state index contributed by atoms with van der Waals surface area (Å²) in [5.74, 6) is 1.39. The van der Waals surface area contributed by atoms with Gasteiger partial charge in [-0.3, -0.25) is 4.90 Å². The van der Waals surface area contributed by atoms with Crippen molar-refractivity contribution in [1.29, 1.82) is 0 Å². The van der Waals surface area contributed by atoms with E-state index in [1.165, 1.54) is 12.8 Å². The first-order valence-corrected chi connectivity index (χ1v) is 6.75. The summed E-state index contributed by atoms with van der Waals surface area (Å²) in [5.41, 5.74) is 0. The molecule has 1 saturated heterocycles. The predicted octanol–water partition coefficient (Wildman–Crippen LogP) is 0.369. The summed E-state index contributed by atoms with van der Waals surface area (Å²) in [6, 6.07) is 1.84. The second kappa shape index (κ2) is 5.20. The first kappa shape index (κ1) is 11.9. The van der Waals surface area contributed by atoms with Gasteiger partial charge in [0.1, 0.15) is 0 Å². The minimum absolute atomic E-state index is 0.121. The number of anilines is 1. The van der Waals surface area contributed by atoms with Crippen LogP contribution in [0.3, 0.4) is 0 Å². The van der Waals surface area contributed by atoms with Gasteiger partial charge in [0.15, 0.2) is 0 Å². The topological polar surface area (TPSA) is 52.5 Å². The predicted molar refractivity (Wildman–Crippen MR) is 69.4 cm³/mol. The number of rotatable bonds is 4. The van der Waals surface area contributed by atoms with Crippen molar-refractivity contribution in [2.24, 2.45) is 5.92 Å². The molecule has 18 heavy (non-hydrogen) atoms. The lowest BCUT2D eigenvalue weighted by Crippen LogP contribution is -2.49. The Hall–Kier alpha value is -1.20. The summed E-state index contributed by atoms with van der Waals surface area (Å²) in [6.07, 6.45) is 5.86. The Morgan fingerprint density at radius 2 is 1.83 bits per heavy atom. The van der Waals surface area contributed by atoms with Crippen LogP contribution in [0.2, 0.25) is 0 Å². The monoisotopic (exact) mass is 248 g/mol. The van der Waals surface area contributed by atoms with E-state index in [-0.39, 0.29) is 6.10 Å². The van der Waals surface area contributed by atoms with Crippen LogP contribution in [0.5, 0.6) is 0 Å². The van der Waals surface area contributed by atoms with Gasteiger partial charge >= 0.3 is 0 Å². The molecule has 1 saturated carbocycles. The molecule has 1 aromatic heterocycles. The molecule has 98 valence electrons. The van der Waals surface area contributed by atoms with Crippen LogP contribution in [0, 0.1) is 5.92 Å². The third kappa shape index (κ3) is 2.79. The van der Waals surface area contributed by atoms with Gasteiger partial charge < -0.3 is 10.0 Å². The molecule has 1 atom stereocenters. The largest absolute Gasteiger partial charge is 0.392 e. The van der Waals surface area contributed by atoms with Crippen LogP contribution >= 0.6 is 0 Å². The van der Waals surface area contributed by atoms with Crippen LogP contribution in [0.15, 0.2) is 18.5 Å². The van der Waals surface area contributed by atoms with E-state index in [2.05, 4.69) is 19.8 Å². The Kier molecular flexibility index (Phi) is 3.43. The van der Waals surface area contributed by atoms with Gasteiger partial charge in [-0.1, -0.05) is 0 Å². The third-order valence-corrected chi connectivity index (χ3v) is 3.82. The summed E-state index contributed by atoms with van der Waals surface area (Å²) in [4.78, 5) is 13.1. The van der Waals surface area contributed by atoms with E-state index in [1.807, 2.05) is 6.07 Å². The van der Waals surface area contributed by atoms with Crippen molar-refractivity contribution in [1.82, 2.24) is 14.9 Å². The Morgan fingerprint density at radius 3 is 2.44 bits per heavy atom. The number of β-amino-alcohol motifs (C(OH)–C–C–N with tert-alkyl or cyclic N) is 1. The molecular weight excluding hydrogens is 228 g/mol. The van der Waals surface area contributed by atoms with Crippen molar-refractivity contribution in [2.45, 2.75) is 18.9 Å². The van der Waals surface area contributed by atoms with Crippen LogP contribution < -0.4 is 4.90 Å². The highest BCUT2D eigenvalue weighted by Gasteiger charge is 2.31. The molecule has 1 unspecified atom stereocenters. The minimum Gasteiger partial charge on any atom is -0.392 e. The number of nitrogens with zero attached hydrogens (tertiary/aromatic N) is 4. The van der Waals surface area contributed by atoms with E-state index in [0.717, 1.165) is 38.7 Å². The molecule has 0 amide bonds. The molecule has 0 bridgehead atoms. The van der Waals surface area contributed by atoms with Crippen molar-refractivity contribution in [3.05, 3.63) is 18.5 Å². The molecule has 2 heterocycles. The SMILES string of the molecule is OC(CN1CCN(c2ncccn2)CC1)C1CC1. The van der Waals surface area contributed by atoms with E-state index in [4.69, 9.17) is 0 Å². The van der Waals surface area contributed by atoms with Gasteiger partial charge in [-0.05, 0) is 24.8 Å². The summed E-state index contributed by atoms with van der Waals surface area (Å²) in [7, 11) is 0. The van der Waals surface area contributed by atoms with Crippen LogP contribution in [-0.4, -0.2) is 58.8 Å². The molecule has 1 N–H and O–H groups in total. The molecule has 5 heteroatoms. The standard InChI is InChI=1S/C13H20N4O/c18-12(11-2-3-11)10-16-6-8-17(9-7-16)13-14-4-1-5-15-13/h1,4-5,11-12,18H,2-3,6-10H2. The van der Waals surface area contributed by atoms with Gasteiger partial charge in [0, 0.05) is 45.1 Å². The highest BCUT2D eigenvalue weighted by Crippen LogP contribution is 2.32. The maximum Gasteiger partial charge on any atom is 0.225 e. The van der Waals surface area contributed by atoms with Crippen LogP contribution in [0.4, 0.5) is 5.95 Å². The van der Waals surface area contributed by atoms with Gasteiger partial charge in [-0.15, -0.1) is 0 Å². The molecule has 2 fully saturated rings. The smallest absolute Gasteiger partial charge is 0.225 e. The van der Waals surface area contributed by atoms with Gasteiger partial charge in [0.2, 0.25) is 5.95 Å². The zero-order valence-electron chi connectivity index (χ0n) is 10.6.